The fourth-order valence-corrected chi connectivity index (χ4v) is 3.19. The van der Waals surface area contributed by atoms with Crippen LogP contribution < -0.4 is 15.0 Å². The van der Waals surface area contributed by atoms with E-state index in [2.05, 4.69) is 9.97 Å². The molecule has 0 aliphatic heterocycles. The number of fused-ring (bicyclic) bond motifs is 1. The SMILES string of the molecule is CCN(Cc1nc2ccccc2c(=O)[nH]1)C(=O)CCc1cc(OC)cc(OC)c1. The summed E-state index contributed by atoms with van der Waals surface area (Å²) in [6.07, 6.45) is 0.895. The van der Waals surface area contributed by atoms with Gasteiger partial charge in [0.2, 0.25) is 5.91 Å². The van der Waals surface area contributed by atoms with Crippen LogP contribution in [0.5, 0.6) is 11.5 Å². The van der Waals surface area contributed by atoms with Gasteiger partial charge in [0.1, 0.15) is 17.3 Å². The molecule has 0 aliphatic carbocycles. The van der Waals surface area contributed by atoms with Gasteiger partial charge in [-0.3, -0.25) is 9.59 Å². The molecule has 1 heterocycles. The number of aryl methyl sites for hydroxylation is 1. The number of H-pyrrole nitrogens is 1. The monoisotopic (exact) mass is 395 g/mol. The normalized spacial score (nSPS) is 10.7. The molecule has 7 heteroatoms. The standard InChI is InChI=1S/C22H25N3O4/c1-4-25(14-20-23-19-8-6-5-7-18(19)22(27)24-20)21(26)10-9-15-11-16(28-2)13-17(12-15)29-3/h5-8,11-13H,4,9-10,14H2,1-3H3,(H,23,24,27). The van der Waals surface area contributed by atoms with E-state index in [0.717, 1.165) is 5.56 Å². The van der Waals surface area contributed by atoms with Gasteiger partial charge in [-0.05, 0) is 43.2 Å². The average molecular weight is 395 g/mol. The predicted molar refractivity (Wildman–Crippen MR) is 111 cm³/mol. The van der Waals surface area contributed by atoms with Crippen LogP contribution in [-0.4, -0.2) is 41.5 Å². The first-order valence-corrected chi connectivity index (χ1v) is 9.51. The zero-order valence-corrected chi connectivity index (χ0v) is 16.9. The van der Waals surface area contributed by atoms with Crippen LogP contribution in [-0.2, 0) is 17.8 Å². The summed E-state index contributed by atoms with van der Waals surface area (Å²) >= 11 is 0. The van der Waals surface area contributed by atoms with Gasteiger partial charge in [0.15, 0.2) is 0 Å². The number of benzene rings is 2. The van der Waals surface area contributed by atoms with E-state index in [1.54, 1.807) is 43.4 Å². The van der Waals surface area contributed by atoms with Crippen molar-refractivity contribution in [2.75, 3.05) is 20.8 Å². The van der Waals surface area contributed by atoms with E-state index in [1.165, 1.54) is 0 Å². The lowest BCUT2D eigenvalue weighted by atomic mass is 10.1. The molecule has 3 rings (SSSR count). The van der Waals surface area contributed by atoms with Crippen LogP contribution in [0.3, 0.4) is 0 Å². The third-order valence-corrected chi connectivity index (χ3v) is 4.78. The van der Waals surface area contributed by atoms with Crippen LogP contribution in [0.4, 0.5) is 0 Å². The van der Waals surface area contributed by atoms with E-state index in [0.29, 0.717) is 47.6 Å². The number of ether oxygens (including phenoxy) is 2. The molecule has 1 amide bonds. The molecule has 0 spiro atoms. The van der Waals surface area contributed by atoms with Crippen LogP contribution in [0, 0.1) is 0 Å². The Morgan fingerprint density at radius 3 is 2.45 bits per heavy atom. The lowest BCUT2D eigenvalue weighted by Gasteiger charge is -2.20. The number of nitrogens with one attached hydrogen (secondary N) is 1. The Balaban J connectivity index is 1.70. The van der Waals surface area contributed by atoms with Gasteiger partial charge in [0.25, 0.3) is 5.56 Å². The molecule has 3 aromatic rings. The molecule has 0 radical (unpaired) electrons. The van der Waals surface area contributed by atoms with Gasteiger partial charge in [-0.2, -0.15) is 0 Å². The van der Waals surface area contributed by atoms with Gasteiger partial charge in [0, 0.05) is 19.0 Å². The minimum atomic E-state index is -0.197. The number of carbonyl (C=O) groups is 1. The Labute approximate surface area is 169 Å². The maximum atomic E-state index is 12.8. The number of aromatic nitrogens is 2. The summed E-state index contributed by atoms with van der Waals surface area (Å²) in [6.45, 7) is 2.69. The second-order valence-electron chi connectivity index (χ2n) is 6.66. The van der Waals surface area contributed by atoms with Crippen molar-refractivity contribution in [3.05, 3.63) is 64.2 Å². The maximum absolute atomic E-state index is 12.8. The molecular formula is C22H25N3O4. The van der Waals surface area contributed by atoms with Crippen molar-refractivity contribution in [2.45, 2.75) is 26.3 Å². The highest BCUT2D eigenvalue weighted by Crippen LogP contribution is 2.23. The molecule has 152 valence electrons. The first-order chi connectivity index (χ1) is 14.0. The Hall–Kier alpha value is -3.35. The summed E-state index contributed by atoms with van der Waals surface area (Å²) < 4.78 is 10.6. The van der Waals surface area contributed by atoms with Crippen molar-refractivity contribution in [2.24, 2.45) is 0 Å². The molecule has 0 unspecified atom stereocenters. The number of rotatable bonds is 8. The van der Waals surface area contributed by atoms with Gasteiger partial charge < -0.3 is 19.4 Å². The summed E-state index contributed by atoms with van der Waals surface area (Å²) in [7, 11) is 3.19. The van der Waals surface area contributed by atoms with Crippen LogP contribution in [0.25, 0.3) is 10.9 Å². The summed E-state index contributed by atoms with van der Waals surface area (Å²) in [5, 5.41) is 0.539. The molecule has 0 bridgehead atoms. The van der Waals surface area contributed by atoms with Gasteiger partial charge in [0.05, 0.1) is 31.7 Å². The number of amides is 1. The lowest BCUT2D eigenvalue weighted by molar-refractivity contribution is -0.131. The van der Waals surface area contributed by atoms with Crippen molar-refractivity contribution in [3.63, 3.8) is 0 Å². The fourth-order valence-electron chi connectivity index (χ4n) is 3.19. The molecule has 1 aromatic heterocycles. The van der Waals surface area contributed by atoms with Gasteiger partial charge in [-0.15, -0.1) is 0 Å². The predicted octanol–water partition coefficient (Wildman–Crippen LogP) is 2.92. The number of methoxy groups -OCH3 is 2. The van der Waals surface area contributed by atoms with Gasteiger partial charge in [-0.1, -0.05) is 12.1 Å². The van der Waals surface area contributed by atoms with E-state index in [4.69, 9.17) is 9.47 Å². The topological polar surface area (TPSA) is 84.5 Å². The van der Waals surface area contributed by atoms with E-state index in [-0.39, 0.29) is 18.0 Å². The largest absolute Gasteiger partial charge is 0.497 e. The van der Waals surface area contributed by atoms with Crippen molar-refractivity contribution in [3.8, 4) is 11.5 Å². The molecule has 0 atom stereocenters. The van der Waals surface area contributed by atoms with E-state index in [9.17, 15) is 9.59 Å². The van der Waals surface area contributed by atoms with E-state index >= 15 is 0 Å². The minimum Gasteiger partial charge on any atom is -0.497 e. The summed E-state index contributed by atoms with van der Waals surface area (Å²) in [5.74, 6) is 1.85. The third-order valence-electron chi connectivity index (χ3n) is 4.78. The Morgan fingerprint density at radius 2 is 1.79 bits per heavy atom. The average Bonchev–Trinajstić information content (AvgIpc) is 2.75. The molecule has 2 aromatic carbocycles. The molecule has 29 heavy (non-hydrogen) atoms. The van der Waals surface area contributed by atoms with E-state index in [1.807, 2.05) is 25.1 Å². The van der Waals surface area contributed by atoms with E-state index < -0.39 is 0 Å². The molecule has 0 fully saturated rings. The maximum Gasteiger partial charge on any atom is 0.258 e. The number of para-hydroxylation sites is 1. The molecule has 0 aliphatic rings. The van der Waals surface area contributed by atoms with Crippen molar-refractivity contribution in [1.82, 2.24) is 14.9 Å². The van der Waals surface area contributed by atoms with Crippen molar-refractivity contribution in [1.29, 1.82) is 0 Å². The first-order valence-electron chi connectivity index (χ1n) is 9.51. The van der Waals surface area contributed by atoms with Gasteiger partial charge >= 0.3 is 0 Å². The smallest absolute Gasteiger partial charge is 0.258 e. The highest BCUT2D eigenvalue weighted by Gasteiger charge is 2.15. The molecule has 0 saturated carbocycles. The quantitative estimate of drug-likeness (QED) is 0.634. The van der Waals surface area contributed by atoms with Crippen LogP contribution >= 0.6 is 0 Å². The molecule has 1 N–H and O–H groups in total. The first kappa shape index (κ1) is 20.4. The summed E-state index contributed by atoms with van der Waals surface area (Å²) in [4.78, 5) is 34.0. The number of hydrogen-bond acceptors (Lipinski definition) is 5. The number of hydrogen-bond donors (Lipinski definition) is 1. The Bertz CT molecular complexity index is 1040. The second kappa shape index (κ2) is 9.23. The highest BCUT2D eigenvalue weighted by molar-refractivity contribution is 5.78. The number of aromatic amines is 1. The molecular weight excluding hydrogens is 370 g/mol. The highest BCUT2D eigenvalue weighted by atomic mass is 16.5. The zero-order chi connectivity index (χ0) is 20.8. The minimum absolute atomic E-state index is 0.00917. The van der Waals surface area contributed by atoms with Crippen LogP contribution in [0.1, 0.15) is 24.7 Å². The lowest BCUT2D eigenvalue weighted by Crippen LogP contribution is -2.32. The Morgan fingerprint density at radius 1 is 1.10 bits per heavy atom. The Kier molecular flexibility index (Phi) is 6.49. The number of nitrogens with zero attached hydrogens (tertiary/aromatic N) is 2. The number of carbonyl (C=O) groups excluding carboxylic acids is 1. The van der Waals surface area contributed by atoms with Crippen LogP contribution in [0.15, 0.2) is 47.3 Å². The van der Waals surface area contributed by atoms with Crippen LogP contribution in [0.2, 0.25) is 0 Å². The van der Waals surface area contributed by atoms with Crippen molar-refractivity contribution >= 4 is 16.8 Å². The third kappa shape index (κ3) is 4.93. The van der Waals surface area contributed by atoms with Gasteiger partial charge in [-0.25, -0.2) is 4.98 Å². The molecule has 7 nitrogen and oxygen atoms in total. The zero-order valence-electron chi connectivity index (χ0n) is 16.9. The second-order valence-corrected chi connectivity index (χ2v) is 6.66. The fraction of sp³-hybridized carbons (Fsp3) is 0.318. The summed E-state index contributed by atoms with van der Waals surface area (Å²) in [5.41, 5.74) is 1.39. The summed E-state index contributed by atoms with van der Waals surface area (Å²) in [6, 6.07) is 12.8. The molecule has 0 saturated heterocycles. The van der Waals surface area contributed by atoms with Crippen molar-refractivity contribution < 1.29 is 14.3 Å².